The molecule has 0 saturated carbocycles. The molecule has 0 unspecified atom stereocenters. The summed E-state index contributed by atoms with van der Waals surface area (Å²) in [6.45, 7) is 0.574. The van der Waals surface area contributed by atoms with Crippen LogP contribution in [0, 0.1) is 0 Å². The summed E-state index contributed by atoms with van der Waals surface area (Å²) in [6.07, 6.45) is 3.50. The second kappa shape index (κ2) is 7.66. The standard InChI is InChI=1S/C22H18N4O/c27-22(19-9-5-2-6-10-19)26-21(24-16-17-11-13-23-14-12-17)15-20(25-26)18-7-3-1-4-8-18/h1-15,24H,16H2. The molecule has 5 nitrogen and oxygen atoms in total. The first-order chi connectivity index (χ1) is 13.3. The van der Waals surface area contributed by atoms with Gasteiger partial charge in [-0.2, -0.15) is 9.78 Å². The van der Waals surface area contributed by atoms with Gasteiger partial charge in [0.15, 0.2) is 0 Å². The van der Waals surface area contributed by atoms with Gasteiger partial charge in [-0.05, 0) is 29.8 Å². The van der Waals surface area contributed by atoms with Gasteiger partial charge in [0, 0.05) is 36.1 Å². The van der Waals surface area contributed by atoms with Crippen molar-refractivity contribution in [2.24, 2.45) is 0 Å². The summed E-state index contributed by atoms with van der Waals surface area (Å²) in [4.78, 5) is 17.0. The molecule has 2 heterocycles. The Hall–Kier alpha value is -3.73. The highest BCUT2D eigenvalue weighted by Crippen LogP contribution is 2.23. The van der Waals surface area contributed by atoms with E-state index in [1.54, 1.807) is 24.5 Å². The van der Waals surface area contributed by atoms with Crippen molar-refractivity contribution < 1.29 is 4.79 Å². The zero-order chi connectivity index (χ0) is 18.5. The van der Waals surface area contributed by atoms with Crippen LogP contribution in [0.4, 0.5) is 5.82 Å². The highest BCUT2D eigenvalue weighted by Gasteiger charge is 2.16. The molecule has 0 radical (unpaired) electrons. The molecule has 4 aromatic rings. The number of nitrogens with zero attached hydrogens (tertiary/aromatic N) is 3. The van der Waals surface area contributed by atoms with Crippen molar-refractivity contribution in [3.8, 4) is 11.3 Å². The Balaban J connectivity index is 1.69. The monoisotopic (exact) mass is 354 g/mol. The molecule has 132 valence electrons. The average Bonchev–Trinajstić information content (AvgIpc) is 3.18. The van der Waals surface area contributed by atoms with E-state index in [0.29, 0.717) is 17.9 Å². The molecule has 1 N–H and O–H groups in total. The van der Waals surface area contributed by atoms with Crippen LogP contribution in [0.3, 0.4) is 0 Å². The lowest BCUT2D eigenvalue weighted by atomic mass is 10.1. The molecular weight excluding hydrogens is 336 g/mol. The van der Waals surface area contributed by atoms with E-state index in [9.17, 15) is 4.79 Å². The highest BCUT2D eigenvalue weighted by atomic mass is 16.2. The van der Waals surface area contributed by atoms with Crippen molar-refractivity contribution >= 4 is 11.7 Å². The summed E-state index contributed by atoms with van der Waals surface area (Å²) in [7, 11) is 0. The first-order valence-corrected chi connectivity index (χ1v) is 8.69. The molecule has 0 atom stereocenters. The molecule has 2 aromatic heterocycles. The number of hydrogen-bond acceptors (Lipinski definition) is 4. The number of hydrogen-bond donors (Lipinski definition) is 1. The van der Waals surface area contributed by atoms with Crippen molar-refractivity contribution in [1.29, 1.82) is 0 Å². The van der Waals surface area contributed by atoms with Crippen LogP contribution in [0.15, 0.2) is 91.3 Å². The van der Waals surface area contributed by atoms with Crippen molar-refractivity contribution in [1.82, 2.24) is 14.8 Å². The van der Waals surface area contributed by atoms with Gasteiger partial charge in [0.1, 0.15) is 5.82 Å². The van der Waals surface area contributed by atoms with Gasteiger partial charge in [0.25, 0.3) is 5.91 Å². The van der Waals surface area contributed by atoms with Crippen LogP contribution in [0.25, 0.3) is 11.3 Å². The molecule has 27 heavy (non-hydrogen) atoms. The number of rotatable bonds is 5. The summed E-state index contributed by atoms with van der Waals surface area (Å²) < 4.78 is 1.43. The molecule has 2 aromatic carbocycles. The maximum Gasteiger partial charge on any atom is 0.280 e. The van der Waals surface area contributed by atoms with Crippen LogP contribution in [0.2, 0.25) is 0 Å². The lowest BCUT2D eigenvalue weighted by molar-refractivity contribution is 0.0948. The van der Waals surface area contributed by atoms with Crippen molar-refractivity contribution in [3.05, 3.63) is 102 Å². The van der Waals surface area contributed by atoms with Gasteiger partial charge in [-0.15, -0.1) is 0 Å². The molecular formula is C22H18N4O. The molecule has 0 saturated heterocycles. The summed E-state index contributed by atoms with van der Waals surface area (Å²) >= 11 is 0. The van der Waals surface area contributed by atoms with E-state index in [2.05, 4.69) is 15.4 Å². The normalized spacial score (nSPS) is 10.5. The van der Waals surface area contributed by atoms with Crippen LogP contribution in [-0.4, -0.2) is 20.7 Å². The molecule has 0 bridgehead atoms. The highest BCUT2D eigenvalue weighted by molar-refractivity contribution is 5.97. The smallest absolute Gasteiger partial charge is 0.280 e. The third kappa shape index (κ3) is 3.77. The molecule has 0 aliphatic heterocycles. The Kier molecular flexibility index (Phi) is 4.74. The van der Waals surface area contributed by atoms with Crippen LogP contribution >= 0.6 is 0 Å². The zero-order valence-corrected chi connectivity index (χ0v) is 14.6. The van der Waals surface area contributed by atoms with Crippen LogP contribution in [0.1, 0.15) is 15.9 Å². The van der Waals surface area contributed by atoms with Crippen molar-refractivity contribution in [3.63, 3.8) is 0 Å². The van der Waals surface area contributed by atoms with E-state index >= 15 is 0 Å². The number of aromatic nitrogens is 3. The maximum atomic E-state index is 13.0. The van der Waals surface area contributed by atoms with Crippen LogP contribution < -0.4 is 5.32 Å². The molecule has 0 spiro atoms. The van der Waals surface area contributed by atoms with Gasteiger partial charge in [-0.25, -0.2) is 0 Å². The van der Waals surface area contributed by atoms with E-state index in [-0.39, 0.29) is 5.91 Å². The average molecular weight is 354 g/mol. The van der Waals surface area contributed by atoms with E-state index in [1.165, 1.54) is 4.68 Å². The van der Waals surface area contributed by atoms with Gasteiger partial charge >= 0.3 is 0 Å². The number of anilines is 1. The Labute approximate surface area is 157 Å². The SMILES string of the molecule is O=C(c1ccccc1)n1nc(-c2ccccc2)cc1NCc1ccncc1. The van der Waals surface area contributed by atoms with Gasteiger partial charge < -0.3 is 5.32 Å². The Bertz CT molecular complexity index is 1030. The van der Waals surface area contributed by atoms with E-state index in [0.717, 1.165) is 16.8 Å². The third-order valence-electron chi connectivity index (χ3n) is 4.22. The fourth-order valence-corrected chi connectivity index (χ4v) is 2.81. The van der Waals surface area contributed by atoms with Crippen LogP contribution in [-0.2, 0) is 6.54 Å². The molecule has 0 fully saturated rings. The Morgan fingerprint density at radius 1 is 0.889 bits per heavy atom. The summed E-state index contributed by atoms with van der Waals surface area (Å²) in [6, 6.07) is 24.8. The minimum Gasteiger partial charge on any atom is -0.366 e. The molecule has 0 aliphatic rings. The zero-order valence-electron chi connectivity index (χ0n) is 14.6. The summed E-state index contributed by atoms with van der Waals surface area (Å²) in [5.41, 5.74) is 3.37. The van der Waals surface area contributed by atoms with Crippen LogP contribution in [0.5, 0.6) is 0 Å². The van der Waals surface area contributed by atoms with Crippen molar-refractivity contribution in [2.45, 2.75) is 6.54 Å². The number of carbonyl (C=O) groups is 1. The first kappa shape index (κ1) is 16.7. The first-order valence-electron chi connectivity index (χ1n) is 8.69. The third-order valence-corrected chi connectivity index (χ3v) is 4.22. The maximum absolute atomic E-state index is 13.0. The molecule has 5 heteroatoms. The minimum atomic E-state index is -0.171. The van der Waals surface area contributed by atoms with E-state index in [1.807, 2.05) is 66.7 Å². The predicted molar refractivity (Wildman–Crippen MR) is 105 cm³/mol. The van der Waals surface area contributed by atoms with Gasteiger partial charge in [0.2, 0.25) is 0 Å². The second-order valence-electron chi connectivity index (χ2n) is 6.07. The second-order valence-corrected chi connectivity index (χ2v) is 6.07. The lowest BCUT2D eigenvalue weighted by Gasteiger charge is -2.08. The lowest BCUT2D eigenvalue weighted by Crippen LogP contribution is -2.17. The van der Waals surface area contributed by atoms with E-state index in [4.69, 9.17) is 0 Å². The van der Waals surface area contributed by atoms with Gasteiger partial charge in [-0.1, -0.05) is 48.5 Å². The number of carbonyl (C=O) groups excluding carboxylic acids is 1. The fraction of sp³-hybridized carbons (Fsp3) is 0.0455. The number of nitrogens with one attached hydrogen (secondary N) is 1. The fourth-order valence-electron chi connectivity index (χ4n) is 2.81. The van der Waals surface area contributed by atoms with Crippen molar-refractivity contribution in [2.75, 3.05) is 5.32 Å². The van der Waals surface area contributed by atoms with Gasteiger partial charge in [0.05, 0.1) is 5.69 Å². The topological polar surface area (TPSA) is 59.8 Å². The number of benzene rings is 2. The summed E-state index contributed by atoms with van der Waals surface area (Å²) in [5, 5.41) is 7.88. The van der Waals surface area contributed by atoms with E-state index < -0.39 is 0 Å². The Morgan fingerprint density at radius 3 is 2.26 bits per heavy atom. The minimum absolute atomic E-state index is 0.171. The Morgan fingerprint density at radius 2 is 1.56 bits per heavy atom. The largest absolute Gasteiger partial charge is 0.366 e. The number of pyridine rings is 1. The predicted octanol–water partition coefficient (Wildman–Crippen LogP) is 4.25. The van der Waals surface area contributed by atoms with Gasteiger partial charge in [-0.3, -0.25) is 9.78 Å². The summed E-state index contributed by atoms with van der Waals surface area (Å²) in [5.74, 6) is 0.481. The molecule has 4 rings (SSSR count). The molecule has 0 amide bonds. The molecule has 0 aliphatic carbocycles. The quantitative estimate of drug-likeness (QED) is 0.582.